The van der Waals surface area contributed by atoms with Crippen molar-refractivity contribution < 1.29 is 18.0 Å². The normalized spacial score (nSPS) is 15.8. The fourth-order valence-corrected chi connectivity index (χ4v) is 4.59. The van der Waals surface area contributed by atoms with Crippen molar-refractivity contribution in [2.75, 3.05) is 38.0 Å². The van der Waals surface area contributed by atoms with E-state index in [2.05, 4.69) is 17.1 Å². The monoisotopic (exact) mass is 415 g/mol. The van der Waals surface area contributed by atoms with Crippen molar-refractivity contribution in [3.63, 3.8) is 0 Å². The minimum absolute atomic E-state index is 0.172. The largest absolute Gasteiger partial charge is 0.319 e. The lowest BCUT2D eigenvalue weighted by molar-refractivity contribution is -0.112. The predicted molar refractivity (Wildman–Crippen MR) is 111 cm³/mol. The molecular formula is C21H25N3O4S. The standard InChI is InChI=1S/C21H25N3O4S/c1-3-23-12-14-24(15-13-23)29(27,28)19-10-8-18(9-11-19)22-21(26)20(25)17-6-4-16(2)5-7-17/h4-11H,3,12-15H2,1-2H3,(H,22,26). The number of anilines is 1. The number of hydrogen-bond acceptors (Lipinski definition) is 5. The quantitative estimate of drug-likeness (QED) is 0.577. The minimum atomic E-state index is -3.58. The fraction of sp³-hybridized carbons (Fsp3) is 0.333. The number of nitrogens with one attached hydrogen (secondary N) is 1. The summed E-state index contributed by atoms with van der Waals surface area (Å²) in [5.41, 5.74) is 1.67. The number of carbonyl (C=O) groups is 2. The SMILES string of the molecule is CCN1CCN(S(=O)(=O)c2ccc(NC(=O)C(=O)c3ccc(C)cc3)cc2)CC1. The lowest BCUT2D eigenvalue weighted by Crippen LogP contribution is -2.48. The molecule has 1 amide bonds. The van der Waals surface area contributed by atoms with Gasteiger partial charge < -0.3 is 10.2 Å². The second-order valence-electron chi connectivity index (χ2n) is 7.01. The van der Waals surface area contributed by atoms with Crippen LogP contribution in [0.25, 0.3) is 0 Å². The minimum Gasteiger partial charge on any atom is -0.319 e. The van der Waals surface area contributed by atoms with Gasteiger partial charge in [0.15, 0.2) is 0 Å². The molecule has 1 N–H and O–H groups in total. The zero-order valence-electron chi connectivity index (χ0n) is 16.6. The molecule has 0 aliphatic carbocycles. The third kappa shape index (κ3) is 4.90. The second kappa shape index (κ2) is 8.86. The van der Waals surface area contributed by atoms with Crippen LogP contribution in [0, 0.1) is 6.92 Å². The van der Waals surface area contributed by atoms with Gasteiger partial charge in [0, 0.05) is 37.4 Å². The molecule has 1 saturated heterocycles. The molecule has 0 aromatic heterocycles. The molecule has 0 bridgehead atoms. The molecule has 1 aliphatic heterocycles. The highest BCUT2D eigenvalue weighted by molar-refractivity contribution is 7.89. The fourth-order valence-electron chi connectivity index (χ4n) is 3.17. The second-order valence-corrected chi connectivity index (χ2v) is 8.95. The number of hydrogen-bond donors (Lipinski definition) is 1. The van der Waals surface area contributed by atoms with Crippen molar-refractivity contribution in [3.8, 4) is 0 Å². The van der Waals surface area contributed by atoms with Gasteiger partial charge in [0.05, 0.1) is 4.90 Å². The lowest BCUT2D eigenvalue weighted by Gasteiger charge is -2.33. The van der Waals surface area contributed by atoms with Crippen LogP contribution >= 0.6 is 0 Å². The molecule has 1 fully saturated rings. The van der Waals surface area contributed by atoms with Crippen molar-refractivity contribution in [1.82, 2.24) is 9.21 Å². The summed E-state index contributed by atoms with van der Waals surface area (Å²) in [6, 6.07) is 12.6. The molecule has 2 aromatic carbocycles. The Hall–Kier alpha value is -2.55. The van der Waals surface area contributed by atoms with Crippen LogP contribution in [0.1, 0.15) is 22.8 Å². The number of piperazine rings is 1. The van der Waals surface area contributed by atoms with Crippen LogP contribution in [0.3, 0.4) is 0 Å². The lowest BCUT2D eigenvalue weighted by atomic mass is 10.1. The molecule has 8 heteroatoms. The maximum Gasteiger partial charge on any atom is 0.296 e. The Morgan fingerprint density at radius 1 is 0.931 bits per heavy atom. The first-order valence-corrected chi connectivity index (χ1v) is 11.0. The predicted octanol–water partition coefficient (Wildman–Crippen LogP) is 2.14. The average Bonchev–Trinajstić information content (AvgIpc) is 2.74. The van der Waals surface area contributed by atoms with Gasteiger partial charge >= 0.3 is 0 Å². The molecule has 7 nitrogen and oxygen atoms in total. The molecule has 1 aliphatic rings. The average molecular weight is 416 g/mol. The molecule has 1 heterocycles. The van der Waals surface area contributed by atoms with Crippen molar-refractivity contribution in [1.29, 1.82) is 0 Å². The molecular weight excluding hydrogens is 390 g/mol. The number of nitrogens with zero attached hydrogens (tertiary/aromatic N) is 2. The molecule has 0 unspecified atom stereocenters. The molecule has 0 spiro atoms. The number of likely N-dealkylation sites (N-methyl/N-ethyl adjacent to an activating group) is 1. The van der Waals surface area contributed by atoms with Crippen LogP contribution in [0.5, 0.6) is 0 Å². The van der Waals surface area contributed by atoms with E-state index in [4.69, 9.17) is 0 Å². The summed E-state index contributed by atoms with van der Waals surface area (Å²) in [5.74, 6) is -1.41. The highest BCUT2D eigenvalue weighted by atomic mass is 32.2. The van der Waals surface area contributed by atoms with Crippen molar-refractivity contribution in [2.24, 2.45) is 0 Å². The van der Waals surface area contributed by atoms with Gasteiger partial charge in [-0.15, -0.1) is 0 Å². The van der Waals surface area contributed by atoms with Crippen molar-refractivity contribution >= 4 is 27.4 Å². The third-order valence-electron chi connectivity index (χ3n) is 5.05. The molecule has 2 aromatic rings. The van der Waals surface area contributed by atoms with E-state index in [-0.39, 0.29) is 4.90 Å². The van der Waals surface area contributed by atoms with Crippen LogP contribution in [0.4, 0.5) is 5.69 Å². The number of Topliss-reactive ketones (excluding diaryl/α,β-unsaturated/α-hetero) is 1. The Bertz CT molecular complexity index is 978. The number of sulfonamides is 1. The van der Waals surface area contributed by atoms with Crippen LogP contribution in [0.15, 0.2) is 53.4 Å². The van der Waals surface area contributed by atoms with Crippen LogP contribution in [-0.4, -0.2) is 62.0 Å². The number of benzene rings is 2. The van der Waals surface area contributed by atoms with E-state index in [0.29, 0.717) is 37.4 Å². The highest BCUT2D eigenvalue weighted by Crippen LogP contribution is 2.20. The van der Waals surface area contributed by atoms with Crippen LogP contribution in [0.2, 0.25) is 0 Å². The molecule has 29 heavy (non-hydrogen) atoms. The Kier molecular flexibility index (Phi) is 6.46. The summed E-state index contributed by atoms with van der Waals surface area (Å²) in [4.78, 5) is 26.8. The van der Waals surface area contributed by atoms with Gasteiger partial charge in [-0.25, -0.2) is 8.42 Å². The first-order chi connectivity index (χ1) is 13.8. The van der Waals surface area contributed by atoms with Crippen LogP contribution < -0.4 is 5.32 Å². The Morgan fingerprint density at radius 3 is 2.07 bits per heavy atom. The van der Waals surface area contributed by atoms with Gasteiger partial charge in [-0.2, -0.15) is 4.31 Å². The summed E-state index contributed by atoms with van der Waals surface area (Å²) in [5, 5.41) is 2.52. The van der Waals surface area contributed by atoms with Gasteiger partial charge in [-0.05, 0) is 37.7 Å². The number of amides is 1. The zero-order chi connectivity index (χ0) is 21.0. The number of carbonyl (C=O) groups excluding carboxylic acids is 2. The summed E-state index contributed by atoms with van der Waals surface area (Å²) in [6.07, 6.45) is 0. The molecule has 0 saturated carbocycles. The maximum atomic E-state index is 12.8. The van der Waals surface area contributed by atoms with E-state index < -0.39 is 21.7 Å². The maximum absolute atomic E-state index is 12.8. The first kappa shape index (κ1) is 21.2. The molecule has 0 radical (unpaired) electrons. The van der Waals surface area contributed by atoms with Gasteiger partial charge in [0.2, 0.25) is 10.0 Å². The number of rotatable bonds is 6. The Balaban J connectivity index is 1.66. The number of aryl methyl sites for hydroxylation is 1. The Morgan fingerprint density at radius 2 is 1.52 bits per heavy atom. The topological polar surface area (TPSA) is 86.8 Å². The van der Waals surface area contributed by atoms with Gasteiger partial charge in [-0.1, -0.05) is 36.8 Å². The zero-order valence-corrected chi connectivity index (χ0v) is 17.4. The van der Waals surface area contributed by atoms with E-state index in [0.717, 1.165) is 12.1 Å². The van der Waals surface area contributed by atoms with E-state index in [1.165, 1.54) is 28.6 Å². The van der Waals surface area contributed by atoms with Crippen LogP contribution in [-0.2, 0) is 14.8 Å². The third-order valence-corrected chi connectivity index (χ3v) is 6.96. The highest BCUT2D eigenvalue weighted by Gasteiger charge is 2.28. The first-order valence-electron chi connectivity index (χ1n) is 9.56. The molecule has 0 atom stereocenters. The van der Waals surface area contributed by atoms with E-state index in [1.807, 2.05) is 6.92 Å². The summed E-state index contributed by atoms with van der Waals surface area (Å²) >= 11 is 0. The Labute approximate surface area is 171 Å². The van der Waals surface area contributed by atoms with E-state index >= 15 is 0 Å². The van der Waals surface area contributed by atoms with Crippen molar-refractivity contribution in [3.05, 3.63) is 59.7 Å². The van der Waals surface area contributed by atoms with Gasteiger partial charge in [0.1, 0.15) is 0 Å². The molecule has 3 rings (SSSR count). The summed E-state index contributed by atoms with van der Waals surface area (Å²) in [6.45, 7) is 7.20. The molecule has 154 valence electrons. The van der Waals surface area contributed by atoms with Gasteiger partial charge in [-0.3, -0.25) is 9.59 Å². The van der Waals surface area contributed by atoms with E-state index in [1.54, 1.807) is 24.3 Å². The van der Waals surface area contributed by atoms with Gasteiger partial charge in [0.25, 0.3) is 11.7 Å². The smallest absolute Gasteiger partial charge is 0.296 e. The summed E-state index contributed by atoms with van der Waals surface area (Å²) < 4.78 is 27.1. The number of ketones is 1. The van der Waals surface area contributed by atoms with E-state index in [9.17, 15) is 18.0 Å². The van der Waals surface area contributed by atoms with Crippen molar-refractivity contribution in [2.45, 2.75) is 18.7 Å². The summed E-state index contributed by atoms with van der Waals surface area (Å²) in [7, 11) is -3.58.